The molecule has 2 aromatic carbocycles. The Balaban J connectivity index is 1.46. The minimum absolute atomic E-state index is 0.0582. The standard InChI is InChI=1S/C28H29NO6S/c1-19-5-14-28(35-19)36(32,33)29(17-21-8-9-21)25-15-23-3-2-4-24(23)16-26(25)34-18-22-10-6-20(7-11-22)12-13-27(30)31/h5-7,10-16,21H,2-4,8-9,17-18H2,1H3,(H,30,31). The molecule has 1 heterocycles. The van der Waals surface area contributed by atoms with Crippen molar-refractivity contribution in [2.24, 2.45) is 5.92 Å². The van der Waals surface area contributed by atoms with Gasteiger partial charge in [0.2, 0.25) is 5.09 Å². The zero-order valence-corrected chi connectivity index (χ0v) is 21.0. The van der Waals surface area contributed by atoms with Crippen molar-refractivity contribution in [1.29, 1.82) is 0 Å². The van der Waals surface area contributed by atoms with E-state index in [2.05, 4.69) is 0 Å². The lowest BCUT2D eigenvalue weighted by molar-refractivity contribution is -0.131. The van der Waals surface area contributed by atoms with Gasteiger partial charge in [-0.1, -0.05) is 24.3 Å². The SMILES string of the molecule is Cc1ccc(S(=O)(=O)N(CC2CC2)c2cc3c(cc2OCc2ccc(C=CC(=O)O)cc2)CCC3)o1. The van der Waals surface area contributed by atoms with Crippen LogP contribution in [-0.4, -0.2) is 26.0 Å². The minimum Gasteiger partial charge on any atom is -0.487 e. The highest BCUT2D eigenvalue weighted by Crippen LogP contribution is 2.41. The van der Waals surface area contributed by atoms with Crippen molar-refractivity contribution in [2.75, 3.05) is 10.8 Å². The molecule has 3 aromatic rings. The van der Waals surface area contributed by atoms with Crippen LogP contribution in [-0.2, 0) is 34.3 Å². The van der Waals surface area contributed by atoms with Gasteiger partial charge in [0.05, 0.1) is 5.69 Å². The summed E-state index contributed by atoms with van der Waals surface area (Å²) in [6.45, 7) is 2.38. The van der Waals surface area contributed by atoms with Crippen molar-refractivity contribution in [3.63, 3.8) is 0 Å². The summed E-state index contributed by atoms with van der Waals surface area (Å²) in [5.41, 5.74) is 4.58. The second-order valence-electron chi connectivity index (χ2n) is 9.49. The van der Waals surface area contributed by atoms with Gasteiger partial charge in [-0.15, -0.1) is 0 Å². The molecule has 2 aliphatic rings. The third-order valence-corrected chi connectivity index (χ3v) is 8.27. The number of carboxylic acids is 1. The van der Waals surface area contributed by atoms with Gasteiger partial charge in [-0.2, -0.15) is 8.42 Å². The number of hydrogen-bond donors (Lipinski definition) is 1. The number of ether oxygens (including phenoxy) is 1. The largest absolute Gasteiger partial charge is 0.487 e. The van der Waals surface area contributed by atoms with Gasteiger partial charge >= 0.3 is 5.97 Å². The Hall–Kier alpha value is -3.52. The smallest absolute Gasteiger partial charge is 0.328 e. The molecular formula is C28H29NO6S. The van der Waals surface area contributed by atoms with Gasteiger partial charge in [-0.25, -0.2) is 4.79 Å². The van der Waals surface area contributed by atoms with E-state index >= 15 is 0 Å². The number of furan rings is 1. The van der Waals surface area contributed by atoms with Crippen LogP contribution in [0.3, 0.4) is 0 Å². The Morgan fingerprint density at radius 1 is 1.11 bits per heavy atom. The number of anilines is 1. The molecule has 36 heavy (non-hydrogen) atoms. The first kappa shape index (κ1) is 24.2. The molecule has 1 fully saturated rings. The molecule has 0 bridgehead atoms. The predicted molar refractivity (Wildman–Crippen MR) is 137 cm³/mol. The Morgan fingerprint density at radius 2 is 1.83 bits per heavy atom. The number of benzene rings is 2. The quantitative estimate of drug-likeness (QED) is 0.371. The fourth-order valence-electron chi connectivity index (χ4n) is 4.47. The minimum atomic E-state index is -3.90. The number of carbonyl (C=O) groups is 1. The number of nitrogens with zero attached hydrogens (tertiary/aromatic N) is 1. The predicted octanol–water partition coefficient (Wildman–Crippen LogP) is 5.36. The summed E-state index contributed by atoms with van der Waals surface area (Å²) in [5, 5.41) is 8.75. The van der Waals surface area contributed by atoms with E-state index < -0.39 is 16.0 Å². The van der Waals surface area contributed by atoms with E-state index in [4.69, 9.17) is 14.3 Å². The fourth-order valence-corrected chi connectivity index (χ4v) is 5.98. The van der Waals surface area contributed by atoms with Crippen molar-refractivity contribution in [3.05, 3.63) is 82.6 Å². The van der Waals surface area contributed by atoms with Crippen LogP contribution in [0.15, 0.2) is 64.1 Å². The van der Waals surface area contributed by atoms with Crippen LogP contribution in [0.5, 0.6) is 5.75 Å². The highest BCUT2D eigenvalue weighted by atomic mass is 32.2. The maximum Gasteiger partial charge on any atom is 0.328 e. The Bertz CT molecular complexity index is 1400. The highest BCUT2D eigenvalue weighted by Gasteiger charge is 2.36. The number of carboxylic acid groups (broad SMARTS) is 1. The van der Waals surface area contributed by atoms with Crippen LogP contribution in [0.1, 0.15) is 47.3 Å². The van der Waals surface area contributed by atoms with Gasteiger partial charge in [0.15, 0.2) is 0 Å². The van der Waals surface area contributed by atoms with Crippen LogP contribution in [0.4, 0.5) is 5.69 Å². The molecular weight excluding hydrogens is 478 g/mol. The third-order valence-electron chi connectivity index (χ3n) is 6.62. The average molecular weight is 508 g/mol. The lowest BCUT2D eigenvalue weighted by atomic mass is 10.1. The lowest BCUT2D eigenvalue weighted by Crippen LogP contribution is -2.33. The Morgan fingerprint density at radius 3 is 2.47 bits per heavy atom. The summed E-state index contributed by atoms with van der Waals surface area (Å²) < 4.78 is 40.7. The summed E-state index contributed by atoms with van der Waals surface area (Å²) in [6.07, 6.45) is 7.55. The lowest BCUT2D eigenvalue weighted by Gasteiger charge is -2.26. The van der Waals surface area contributed by atoms with Gasteiger partial charge < -0.3 is 14.3 Å². The van der Waals surface area contributed by atoms with E-state index in [0.29, 0.717) is 29.7 Å². The number of fused-ring (bicyclic) bond motifs is 1. The van der Waals surface area contributed by atoms with E-state index in [1.165, 1.54) is 27.6 Å². The highest BCUT2D eigenvalue weighted by molar-refractivity contribution is 7.92. The summed E-state index contributed by atoms with van der Waals surface area (Å²) in [6, 6.07) is 14.5. The molecule has 1 aromatic heterocycles. The van der Waals surface area contributed by atoms with Crippen LogP contribution >= 0.6 is 0 Å². The second kappa shape index (κ2) is 9.85. The first-order chi connectivity index (χ1) is 17.3. The van der Waals surface area contributed by atoms with E-state index in [-0.39, 0.29) is 11.7 Å². The van der Waals surface area contributed by atoms with Crippen LogP contribution in [0, 0.1) is 12.8 Å². The summed E-state index contributed by atoms with van der Waals surface area (Å²) in [4.78, 5) is 10.7. The van der Waals surface area contributed by atoms with E-state index in [9.17, 15) is 13.2 Å². The van der Waals surface area contributed by atoms with Crippen molar-refractivity contribution in [3.8, 4) is 5.75 Å². The molecule has 0 saturated heterocycles. The maximum atomic E-state index is 13.7. The zero-order valence-electron chi connectivity index (χ0n) is 20.1. The first-order valence-corrected chi connectivity index (χ1v) is 13.6. The van der Waals surface area contributed by atoms with Crippen LogP contribution < -0.4 is 9.04 Å². The molecule has 7 nitrogen and oxygen atoms in total. The summed E-state index contributed by atoms with van der Waals surface area (Å²) >= 11 is 0. The second-order valence-corrected chi connectivity index (χ2v) is 11.3. The topological polar surface area (TPSA) is 97.0 Å². The number of hydrogen-bond acceptors (Lipinski definition) is 5. The summed E-state index contributed by atoms with van der Waals surface area (Å²) in [7, 11) is -3.90. The van der Waals surface area contributed by atoms with Gasteiger partial charge in [0, 0.05) is 12.6 Å². The van der Waals surface area contributed by atoms with Gasteiger partial charge in [-0.05, 0) is 97.5 Å². The Labute approximate surface area is 211 Å². The molecule has 0 atom stereocenters. The van der Waals surface area contributed by atoms with E-state index in [1.807, 2.05) is 36.4 Å². The van der Waals surface area contributed by atoms with Crippen molar-refractivity contribution < 1.29 is 27.5 Å². The number of rotatable bonds is 10. The molecule has 0 radical (unpaired) electrons. The average Bonchev–Trinajstić information content (AvgIpc) is 3.37. The third kappa shape index (κ3) is 5.33. The number of aryl methyl sites for hydroxylation is 3. The molecule has 1 N–H and O–H groups in total. The first-order valence-electron chi connectivity index (χ1n) is 12.2. The monoisotopic (exact) mass is 507 g/mol. The molecule has 0 aliphatic heterocycles. The van der Waals surface area contributed by atoms with Crippen LogP contribution in [0.2, 0.25) is 0 Å². The normalized spacial score (nSPS) is 15.2. The maximum absolute atomic E-state index is 13.7. The van der Waals surface area contributed by atoms with E-state index in [0.717, 1.165) is 49.3 Å². The molecule has 0 unspecified atom stereocenters. The zero-order chi connectivity index (χ0) is 25.3. The molecule has 8 heteroatoms. The Kier molecular flexibility index (Phi) is 6.62. The van der Waals surface area contributed by atoms with E-state index in [1.54, 1.807) is 13.0 Å². The summed E-state index contributed by atoms with van der Waals surface area (Å²) in [5.74, 6) is 0.412. The van der Waals surface area contributed by atoms with Gasteiger partial charge in [-0.3, -0.25) is 4.31 Å². The molecule has 0 spiro atoms. The van der Waals surface area contributed by atoms with Crippen molar-refractivity contribution >= 4 is 27.8 Å². The molecule has 1 saturated carbocycles. The van der Waals surface area contributed by atoms with Crippen molar-refractivity contribution in [2.45, 2.75) is 50.7 Å². The molecule has 5 rings (SSSR count). The molecule has 0 amide bonds. The van der Waals surface area contributed by atoms with Crippen LogP contribution in [0.25, 0.3) is 6.08 Å². The van der Waals surface area contributed by atoms with Gasteiger partial charge in [0.25, 0.3) is 10.0 Å². The number of sulfonamides is 1. The molecule has 188 valence electrons. The fraction of sp³-hybridized carbons (Fsp3) is 0.321. The molecule has 2 aliphatic carbocycles. The van der Waals surface area contributed by atoms with Crippen molar-refractivity contribution in [1.82, 2.24) is 0 Å². The van der Waals surface area contributed by atoms with Gasteiger partial charge in [0.1, 0.15) is 18.1 Å². The number of aliphatic carboxylic acids is 1.